The van der Waals surface area contributed by atoms with Gasteiger partial charge in [0, 0.05) is 23.6 Å². The van der Waals surface area contributed by atoms with Crippen molar-refractivity contribution in [3.05, 3.63) is 106 Å². The molecule has 4 rings (SSSR count). The minimum absolute atomic E-state index is 0.109. The molecule has 4 aromatic rings. The molecule has 3 N–H and O–H groups in total. The molecule has 1 amide bonds. The molecule has 10 heteroatoms. The molecule has 1 heterocycles. The van der Waals surface area contributed by atoms with Crippen LogP contribution in [0.15, 0.2) is 72.8 Å². The van der Waals surface area contributed by atoms with Crippen LogP contribution in [0, 0.1) is 11.8 Å². The average molecular weight is 549 g/mol. The molecule has 0 bridgehead atoms. The van der Waals surface area contributed by atoms with E-state index in [1.54, 1.807) is 12.1 Å². The van der Waals surface area contributed by atoms with Crippen LogP contribution in [0.25, 0.3) is 10.9 Å². The zero-order valence-electron chi connectivity index (χ0n) is 21.1. The van der Waals surface area contributed by atoms with Gasteiger partial charge >= 0.3 is 12.1 Å². The van der Waals surface area contributed by atoms with E-state index in [2.05, 4.69) is 22.1 Å². The smallest absolute Gasteiger partial charge is 0.417 e. The number of carboxylic acids is 1. The van der Waals surface area contributed by atoms with Gasteiger partial charge in [-0.1, -0.05) is 36.1 Å². The number of carbonyl (C=O) groups is 2. The fourth-order valence-electron chi connectivity index (χ4n) is 4.10. The fourth-order valence-corrected chi connectivity index (χ4v) is 4.10. The second-order valence-electron chi connectivity index (χ2n) is 8.88. The number of rotatable bonds is 7. The maximum atomic E-state index is 13.3. The van der Waals surface area contributed by atoms with E-state index in [1.165, 1.54) is 55.6 Å². The first-order chi connectivity index (χ1) is 19.0. The normalized spacial score (nSPS) is 11.9. The molecule has 1 atom stereocenters. The number of nitrogens with zero attached hydrogens (tertiary/aromatic N) is 1. The predicted octanol–water partition coefficient (Wildman–Crippen LogP) is 5.04. The Morgan fingerprint density at radius 3 is 2.42 bits per heavy atom. The molecule has 0 saturated carbocycles. The summed E-state index contributed by atoms with van der Waals surface area (Å²) in [6.07, 6.45) is -4.18. The summed E-state index contributed by atoms with van der Waals surface area (Å²) in [6.45, 7) is 0.172. The van der Waals surface area contributed by atoms with Gasteiger partial charge in [0.2, 0.25) is 0 Å². The van der Waals surface area contributed by atoms with E-state index in [0.29, 0.717) is 6.42 Å². The number of benzene rings is 3. The topological polar surface area (TPSA) is 109 Å². The summed E-state index contributed by atoms with van der Waals surface area (Å²) in [5, 5.41) is 22.3. The van der Waals surface area contributed by atoms with Crippen LogP contribution in [0.1, 0.15) is 43.1 Å². The van der Waals surface area contributed by atoms with Crippen molar-refractivity contribution in [3.8, 4) is 17.6 Å². The molecule has 40 heavy (non-hydrogen) atoms. The molecule has 1 aromatic heterocycles. The Morgan fingerprint density at radius 1 is 1.02 bits per heavy atom. The molecule has 0 saturated heterocycles. The molecule has 0 aliphatic rings. The standard InChI is InChI=1S/C30H23F3N2O5/c1-40-17-21(14-18-7-11-22(36)12-8-18)34-28(37)27-16-24(29(38)39)23-15-19(9-13-26(23)35-27)6-10-20-4-2-3-5-25(20)30(31,32)33/h2-5,7-9,11-13,15-16,21,36H,14,17H2,1H3,(H,34,37)(H,38,39). The molecule has 0 aliphatic heterocycles. The highest BCUT2D eigenvalue weighted by Crippen LogP contribution is 2.31. The van der Waals surface area contributed by atoms with E-state index >= 15 is 0 Å². The van der Waals surface area contributed by atoms with Crippen molar-refractivity contribution in [3.63, 3.8) is 0 Å². The Hall–Kier alpha value is -4.88. The van der Waals surface area contributed by atoms with Crippen LogP contribution < -0.4 is 5.32 Å². The SMILES string of the molecule is COCC(Cc1ccc(O)cc1)NC(=O)c1cc(C(=O)O)c2cc(C#Cc3ccccc3C(F)(F)F)ccc2n1. The van der Waals surface area contributed by atoms with Crippen molar-refractivity contribution in [1.29, 1.82) is 0 Å². The summed E-state index contributed by atoms with van der Waals surface area (Å²) in [5.41, 5.74) is -0.107. The molecule has 7 nitrogen and oxygen atoms in total. The number of methoxy groups -OCH3 is 1. The number of fused-ring (bicyclic) bond motifs is 1. The zero-order chi connectivity index (χ0) is 28.9. The van der Waals surface area contributed by atoms with E-state index < -0.39 is 29.7 Å². The van der Waals surface area contributed by atoms with Gasteiger partial charge in [0.05, 0.1) is 29.3 Å². The van der Waals surface area contributed by atoms with Crippen LogP contribution in [0.3, 0.4) is 0 Å². The minimum atomic E-state index is -4.57. The van der Waals surface area contributed by atoms with Crippen LogP contribution in [0.2, 0.25) is 0 Å². The number of alkyl halides is 3. The first-order valence-corrected chi connectivity index (χ1v) is 12.0. The number of carboxylic acid groups (broad SMARTS) is 1. The zero-order valence-corrected chi connectivity index (χ0v) is 21.1. The monoisotopic (exact) mass is 548 g/mol. The van der Waals surface area contributed by atoms with Crippen molar-refractivity contribution in [2.45, 2.75) is 18.6 Å². The van der Waals surface area contributed by atoms with Crippen LogP contribution in [0.4, 0.5) is 13.2 Å². The summed E-state index contributed by atoms with van der Waals surface area (Å²) >= 11 is 0. The van der Waals surface area contributed by atoms with E-state index in [4.69, 9.17) is 4.74 Å². The van der Waals surface area contributed by atoms with Crippen LogP contribution >= 0.6 is 0 Å². The second-order valence-corrected chi connectivity index (χ2v) is 8.88. The highest BCUT2D eigenvalue weighted by Gasteiger charge is 2.32. The Bertz CT molecular complexity index is 1620. The number of nitrogens with one attached hydrogen (secondary N) is 1. The molecule has 0 spiro atoms. The number of amides is 1. The van der Waals surface area contributed by atoms with Crippen LogP contribution in [0.5, 0.6) is 5.75 Å². The number of halogens is 3. The number of aromatic hydroxyl groups is 1. The third-order valence-corrected chi connectivity index (χ3v) is 5.97. The molecular weight excluding hydrogens is 525 g/mol. The second kappa shape index (κ2) is 11.9. The van der Waals surface area contributed by atoms with Gasteiger partial charge in [-0.15, -0.1) is 0 Å². The van der Waals surface area contributed by atoms with Crippen LogP contribution in [-0.2, 0) is 17.3 Å². The van der Waals surface area contributed by atoms with E-state index in [1.807, 2.05) is 0 Å². The van der Waals surface area contributed by atoms with Gasteiger partial charge in [0.15, 0.2) is 0 Å². The molecular formula is C30H23F3N2O5. The van der Waals surface area contributed by atoms with E-state index in [-0.39, 0.29) is 45.6 Å². The van der Waals surface area contributed by atoms with Gasteiger partial charge in [0.25, 0.3) is 5.91 Å². The molecule has 3 aromatic carbocycles. The highest BCUT2D eigenvalue weighted by atomic mass is 19.4. The third kappa shape index (κ3) is 6.76. The number of hydrogen-bond donors (Lipinski definition) is 3. The lowest BCUT2D eigenvalue weighted by Gasteiger charge is -2.18. The third-order valence-electron chi connectivity index (χ3n) is 5.97. The Labute approximate surface area is 227 Å². The summed E-state index contributed by atoms with van der Waals surface area (Å²) in [4.78, 5) is 29.4. The maximum absolute atomic E-state index is 13.3. The Kier molecular flexibility index (Phi) is 8.36. The average Bonchev–Trinajstić information content (AvgIpc) is 2.92. The van der Waals surface area contributed by atoms with Crippen molar-refractivity contribution >= 4 is 22.8 Å². The highest BCUT2D eigenvalue weighted by molar-refractivity contribution is 6.06. The van der Waals surface area contributed by atoms with E-state index in [9.17, 15) is 33.0 Å². The van der Waals surface area contributed by atoms with Crippen molar-refractivity contribution in [1.82, 2.24) is 10.3 Å². The van der Waals surface area contributed by atoms with Gasteiger partial charge < -0.3 is 20.3 Å². The Morgan fingerprint density at radius 2 is 1.75 bits per heavy atom. The van der Waals surface area contributed by atoms with Gasteiger partial charge in [-0.3, -0.25) is 4.79 Å². The van der Waals surface area contributed by atoms with Crippen molar-refractivity contribution in [2.75, 3.05) is 13.7 Å². The number of pyridine rings is 1. The summed E-state index contributed by atoms with van der Waals surface area (Å²) in [7, 11) is 1.48. The molecule has 0 radical (unpaired) electrons. The molecule has 0 fully saturated rings. The van der Waals surface area contributed by atoms with Crippen molar-refractivity contribution in [2.24, 2.45) is 0 Å². The summed E-state index contributed by atoms with van der Waals surface area (Å²) < 4.78 is 45.1. The Balaban J connectivity index is 1.63. The first-order valence-electron chi connectivity index (χ1n) is 12.0. The fraction of sp³-hybridized carbons (Fsp3) is 0.167. The van der Waals surface area contributed by atoms with Crippen LogP contribution in [-0.4, -0.2) is 46.8 Å². The lowest BCUT2D eigenvalue weighted by atomic mass is 10.0. The minimum Gasteiger partial charge on any atom is -0.508 e. The number of ether oxygens (including phenoxy) is 1. The number of aromatic carboxylic acids is 1. The number of phenols is 1. The number of phenolic OH excluding ortho intramolecular Hbond substituents is 1. The quantitative estimate of drug-likeness (QED) is 0.279. The number of aromatic nitrogens is 1. The molecule has 1 unspecified atom stereocenters. The first kappa shape index (κ1) is 28.1. The summed E-state index contributed by atoms with van der Waals surface area (Å²) in [6, 6.07) is 16.4. The lowest BCUT2D eigenvalue weighted by Crippen LogP contribution is -2.40. The van der Waals surface area contributed by atoms with Gasteiger partial charge in [-0.05, 0) is 60.5 Å². The number of hydrogen-bond acceptors (Lipinski definition) is 5. The van der Waals surface area contributed by atoms with Crippen molar-refractivity contribution < 1.29 is 37.7 Å². The maximum Gasteiger partial charge on any atom is 0.417 e. The lowest BCUT2D eigenvalue weighted by molar-refractivity contribution is -0.137. The van der Waals surface area contributed by atoms with Gasteiger partial charge in [-0.25, -0.2) is 9.78 Å². The van der Waals surface area contributed by atoms with Gasteiger partial charge in [-0.2, -0.15) is 13.2 Å². The predicted molar refractivity (Wildman–Crippen MR) is 141 cm³/mol. The molecule has 204 valence electrons. The van der Waals surface area contributed by atoms with E-state index in [0.717, 1.165) is 17.7 Å². The van der Waals surface area contributed by atoms with Gasteiger partial charge in [0.1, 0.15) is 11.4 Å². The number of carbonyl (C=O) groups excluding carboxylic acids is 1. The molecule has 0 aliphatic carbocycles. The summed E-state index contributed by atoms with van der Waals surface area (Å²) in [5.74, 6) is 3.35. The largest absolute Gasteiger partial charge is 0.508 e.